The Morgan fingerprint density at radius 2 is 2.11 bits per heavy atom. The van der Waals surface area contributed by atoms with E-state index in [1.165, 1.54) is 0 Å². The van der Waals surface area contributed by atoms with Crippen molar-refractivity contribution in [3.8, 4) is 0 Å². The topological polar surface area (TPSA) is 9.23 Å². The maximum absolute atomic E-state index is 4.84. The van der Waals surface area contributed by atoms with Crippen molar-refractivity contribution in [1.29, 1.82) is 0 Å². The first kappa shape index (κ1) is 8.84. The summed E-state index contributed by atoms with van der Waals surface area (Å²) in [6.07, 6.45) is 7.67. The summed E-state index contributed by atoms with van der Waals surface area (Å²) in [4.78, 5) is 0. The second-order valence-electron chi connectivity index (χ2n) is 1.41. The predicted octanol–water partition coefficient (Wildman–Crippen LogP) is 1.44. The van der Waals surface area contributed by atoms with Gasteiger partial charge >= 0.3 is 63.5 Å². The molecular weight excluding hydrogens is 152 g/mol. The fourth-order valence-corrected chi connectivity index (χ4v) is 0.436. The Hall–Kier alpha value is -0.158. The molecule has 9 heavy (non-hydrogen) atoms. The molecule has 0 fully saturated rings. The number of ether oxygens (including phenoxy) is 1. The molecule has 0 aliphatic carbocycles. The first-order valence-corrected chi connectivity index (χ1v) is 3.32. The van der Waals surface area contributed by atoms with Crippen molar-refractivity contribution in [1.82, 2.24) is 0 Å². The molecule has 0 N–H and O–H groups in total. The molecule has 0 atom stereocenters. The van der Waals surface area contributed by atoms with Crippen molar-refractivity contribution in [2.75, 3.05) is 7.11 Å². The third kappa shape index (κ3) is 5.72. The number of hydrogen-bond acceptors (Lipinski definition) is 1. The van der Waals surface area contributed by atoms with Crippen LogP contribution in [-0.4, -0.2) is 11.7 Å². The minimum absolute atomic E-state index is 0.799. The van der Waals surface area contributed by atoms with Crippen LogP contribution in [0.2, 0.25) is 0 Å². The van der Waals surface area contributed by atoms with Crippen molar-refractivity contribution < 1.29 is 20.6 Å². The number of methoxy groups -OCH3 is 1. The van der Waals surface area contributed by atoms with Crippen LogP contribution in [0.15, 0.2) is 24.3 Å². The number of hydrogen-bond donors (Lipinski definition) is 0. The second-order valence-corrected chi connectivity index (χ2v) is 2.04. The monoisotopic (exact) mass is 162 g/mol. The zero-order valence-corrected chi connectivity index (χ0v) is 6.90. The van der Waals surface area contributed by atoms with Crippen LogP contribution in [0.5, 0.6) is 0 Å². The molecule has 0 aromatic carbocycles. The first-order chi connectivity index (χ1) is 4.31. The van der Waals surface area contributed by atoms with Crippen LogP contribution in [0.3, 0.4) is 0 Å². The van der Waals surface area contributed by atoms with E-state index >= 15 is 0 Å². The van der Waals surface area contributed by atoms with Crippen LogP contribution in [0.25, 0.3) is 0 Å². The van der Waals surface area contributed by atoms with Crippen LogP contribution in [-0.2, 0) is 20.6 Å². The third-order valence-corrected chi connectivity index (χ3v) is 1.21. The number of allylic oxidation sites excluding steroid dienone is 3. The summed E-state index contributed by atoms with van der Waals surface area (Å²) in [5.74, 6) is 0. The van der Waals surface area contributed by atoms with Gasteiger partial charge in [-0.3, -0.25) is 0 Å². The summed E-state index contributed by atoms with van der Waals surface area (Å²) >= 11 is 2.76. The van der Waals surface area contributed by atoms with Gasteiger partial charge in [-0.15, -0.1) is 0 Å². The molecular formula is C7H10CrO. The van der Waals surface area contributed by atoms with Gasteiger partial charge in [0.15, 0.2) is 0 Å². The van der Waals surface area contributed by atoms with Crippen LogP contribution < -0.4 is 0 Å². The number of rotatable bonds is 3. The fraction of sp³-hybridized carbons (Fsp3) is 0.286. The van der Waals surface area contributed by atoms with Crippen LogP contribution in [0.1, 0.15) is 6.92 Å². The van der Waals surface area contributed by atoms with Gasteiger partial charge in [0.2, 0.25) is 0 Å². The Balaban J connectivity index is 3.57. The third-order valence-electron chi connectivity index (χ3n) is 0.737. The van der Waals surface area contributed by atoms with Gasteiger partial charge in [-0.05, 0) is 0 Å². The van der Waals surface area contributed by atoms with E-state index in [2.05, 4.69) is 15.9 Å². The molecule has 50 valence electrons. The summed E-state index contributed by atoms with van der Waals surface area (Å²) in [6, 6.07) is 0. The van der Waals surface area contributed by atoms with E-state index < -0.39 is 0 Å². The molecule has 1 nitrogen and oxygen atoms in total. The van der Waals surface area contributed by atoms with Gasteiger partial charge < -0.3 is 0 Å². The molecule has 0 bridgehead atoms. The van der Waals surface area contributed by atoms with Gasteiger partial charge in [0.05, 0.1) is 0 Å². The molecule has 2 heteroatoms. The standard InChI is InChI=1S/C7H10O.Cr/c1-3-4-5-6-7-8-2;/h3-6H,1-2H3;/b4-3+,6-5+;. The van der Waals surface area contributed by atoms with E-state index in [9.17, 15) is 0 Å². The summed E-state index contributed by atoms with van der Waals surface area (Å²) in [6.45, 7) is 1.97. The molecule has 0 aliphatic heterocycles. The van der Waals surface area contributed by atoms with Crippen LogP contribution in [0, 0.1) is 0 Å². The molecule has 0 amide bonds. The van der Waals surface area contributed by atoms with Crippen molar-refractivity contribution in [3.05, 3.63) is 24.3 Å². The zero-order valence-electron chi connectivity index (χ0n) is 5.63. The van der Waals surface area contributed by atoms with E-state index in [1.54, 1.807) is 7.11 Å². The van der Waals surface area contributed by atoms with E-state index in [0.29, 0.717) is 0 Å². The molecule has 0 heterocycles. The first-order valence-electron chi connectivity index (χ1n) is 2.68. The summed E-state index contributed by atoms with van der Waals surface area (Å²) in [5.41, 5.74) is 0. The quantitative estimate of drug-likeness (QED) is 0.570. The van der Waals surface area contributed by atoms with E-state index in [-0.39, 0.29) is 0 Å². The Morgan fingerprint density at radius 1 is 1.44 bits per heavy atom. The van der Waals surface area contributed by atoms with E-state index in [0.717, 1.165) is 4.57 Å². The minimum atomic E-state index is 0.799. The Morgan fingerprint density at radius 3 is 2.56 bits per heavy atom. The summed E-state index contributed by atoms with van der Waals surface area (Å²) < 4.78 is 5.64. The average molecular weight is 162 g/mol. The molecule has 0 saturated heterocycles. The van der Waals surface area contributed by atoms with Crippen molar-refractivity contribution >= 4 is 4.57 Å². The molecule has 0 aromatic rings. The molecule has 0 spiro atoms. The Kier molecular flexibility index (Phi) is 5.87. The Bertz CT molecular complexity index is 136. The van der Waals surface area contributed by atoms with Gasteiger partial charge in [-0.2, -0.15) is 0 Å². The molecule has 0 aromatic heterocycles. The van der Waals surface area contributed by atoms with Gasteiger partial charge in [0, 0.05) is 0 Å². The van der Waals surface area contributed by atoms with Gasteiger partial charge in [-0.25, -0.2) is 0 Å². The zero-order chi connectivity index (χ0) is 7.11. The van der Waals surface area contributed by atoms with Crippen molar-refractivity contribution in [3.63, 3.8) is 0 Å². The van der Waals surface area contributed by atoms with Gasteiger partial charge in [-0.1, -0.05) is 0 Å². The summed E-state index contributed by atoms with van der Waals surface area (Å²) in [7, 11) is 1.63. The molecule has 0 saturated carbocycles. The molecule has 0 aliphatic rings. The maximum atomic E-state index is 4.84. The SMILES string of the molecule is C/C=C/C=C/[C](=[Cr])OC. The van der Waals surface area contributed by atoms with Crippen LogP contribution >= 0.6 is 0 Å². The average Bonchev–Trinajstić information content (AvgIpc) is 1.89. The second kappa shape index (κ2) is 5.97. The van der Waals surface area contributed by atoms with Crippen molar-refractivity contribution in [2.45, 2.75) is 6.92 Å². The normalized spacial score (nSPS) is 11.3. The fourth-order valence-electron chi connectivity index (χ4n) is 0.313. The molecule has 0 radical (unpaired) electrons. The Labute approximate surface area is 64.0 Å². The van der Waals surface area contributed by atoms with Gasteiger partial charge in [0.1, 0.15) is 0 Å². The molecule has 0 rings (SSSR count). The van der Waals surface area contributed by atoms with E-state index in [1.807, 2.05) is 31.2 Å². The van der Waals surface area contributed by atoms with Crippen LogP contribution in [0.4, 0.5) is 0 Å². The van der Waals surface area contributed by atoms with Gasteiger partial charge in [0.25, 0.3) is 0 Å². The summed E-state index contributed by atoms with van der Waals surface area (Å²) in [5, 5.41) is 0. The molecule has 0 unspecified atom stereocenters. The predicted molar refractivity (Wildman–Crippen MR) is 36.0 cm³/mol. The van der Waals surface area contributed by atoms with Crippen molar-refractivity contribution in [2.24, 2.45) is 0 Å². The van der Waals surface area contributed by atoms with E-state index in [4.69, 9.17) is 4.74 Å².